The fourth-order valence-corrected chi connectivity index (χ4v) is 2.24. The lowest BCUT2D eigenvalue weighted by molar-refractivity contribution is 0.102. The number of hydrogen-bond donors (Lipinski definition) is 2. The van der Waals surface area contributed by atoms with Gasteiger partial charge in [0.25, 0.3) is 5.91 Å². The SMILES string of the molecule is CCNCc1ccccc1NC(=O)c1cccc(C)c1C.Cl. The summed E-state index contributed by atoms with van der Waals surface area (Å²) in [6, 6.07) is 13.7. The normalized spacial score (nSPS) is 9.95. The van der Waals surface area contributed by atoms with Crippen molar-refractivity contribution in [2.75, 3.05) is 11.9 Å². The summed E-state index contributed by atoms with van der Waals surface area (Å²) >= 11 is 0. The Labute approximate surface area is 138 Å². The van der Waals surface area contributed by atoms with Gasteiger partial charge in [0, 0.05) is 17.8 Å². The van der Waals surface area contributed by atoms with Crippen LogP contribution in [0.1, 0.15) is 34.0 Å². The summed E-state index contributed by atoms with van der Waals surface area (Å²) in [4.78, 5) is 12.5. The zero-order valence-electron chi connectivity index (χ0n) is 13.3. The Morgan fingerprint density at radius 2 is 1.77 bits per heavy atom. The van der Waals surface area contributed by atoms with E-state index in [1.54, 1.807) is 0 Å². The topological polar surface area (TPSA) is 41.1 Å². The molecular formula is C18H23ClN2O. The number of rotatable bonds is 5. The van der Waals surface area contributed by atoms with E-state index in [0.717, 1.165) is 41.0 Å². The highest BCUT2D eigenvalue weighted by atomic mass is 35.5. The van der Waals surface area contributed by atoms with E-state index in [9.17, 15) is 4.79 Å². The van der Waals surface area contributed by atoms with Gasteiger partial charge in [0.05, 0.1) is 0 Å². The fraction of sp³-hybridized carbons (Fsp3) is 0.278. The minimum Gasteiger partial charge on any atom is -0.322 e. The van der Waals surface area contributed by atoms with Gasteiger partial charge in [-0.2, -0.15) is 0 Å². The zero-order chi connectivity index (χ0) is 15.2. The summed E-state index contributed by atoms with van der Waals surface area (Å²) in [5.74, 6) is -0.0554. The third-order valence-electron chi connectivity index (χ3n) is 3.68. The van der Waals surface area contributed by atoms with Gasteiger partial charge in [0.1, 0.15) is 0 Å². The van der Waals surface area contributed by atoms with Crippen molar-refractivity contribution < 1.29 is 4.79 Å². The number of carbonyl (C=O) groups is 1. The molecule has 1 amide bonds. The molecule has 4 heteroatoms. The van der Waals surface area contributed by atoms with Crippen molar-refractivity contribution in [1.82, 2.24) is 5.32 Å². The summed E-state index contributed by atoms with van der Waals surface area (Å²) < 4.78 is 0. The predicted octanol–water partition coefficient (Wildman–Crippen LogP) is 4.09. The minimum absolute atomic E-state index is 0. The molecule has 0 aliphatic rings. The lowest BCUT2D eigenvalue weighted by Crippen LogP contribution is -2.18. The molecule has 0 heterocycles. The molecule has 0 aromatic heterocycles. The number of aryl methyl sites for hydroxylation is 1. The van der Waals surface area contributed by atoms with E-state index in [2.05, 4.69) is 17.6 Å². The number of para-hydroxylation sites is 1. The molecule has 2 aromatic rings. The van der Waals surface area contributed by atoms with E-state index < -0.39 is 0 Å². The van der Waals surface area contributed by atoms with E-state index in [-0.39, 0.29) is 18.3 Å². The Morgan fingerprint density at radius 3 is 2.50 bits per heavy atom. The van der Waals surface area contributed by atoms with Crippen molar-refractivity contribution in [3.63, 3.8) is 0 Å². The molecule has 0 radical (unpaired) electrons. The van der Waals surface area contributed by atoms with Gasteiger partial charge >= 0.3 is 0 Å². The van der Waals surface area contributed by atoms with Crippen LogP contribution < -0.4 is 10.6 Å². The Balaban J connectivity index is 0.00000242. The Kier molecular flexibility index (Phi) is 7.09. The van der Waals surface area contributed by atoms with Crippen molar-refractivity contribution >= 4 is 24.0 Å². The fourth-order valence-electron chi connectivity index (χ4n) is 2.24. The molecule has 2 N–H and O–H groups in total. The quantitative estimate of drug-likeness (QED) is 0.872. The van der Waals surface area contributed by atoms with E-state index >= 15 is 0 Å². The van der Waals surface area contributed by atoms with Crippen LogP contribution in [-0.4, -0.2) is 12.5 Å². The predicted molar refractivity (Wildman–Crippen MR) is 94.9 cm³/mol. The first-order valence-corrected chi connectivity index (χ1v) is 7.29. The Bertz CT molecular complexity index is 641. The first-order valence-electron chi connectivity index (χ1n) is 7.29. The molecule has 3 nitrogen and oxygen atoms in total. The maximum Gasteiger partial charge on any atom is 0.255 e. The molecule has 0 fully saturated rings. The van der Waals surface area contributed by atoms with Crippen LogP contribution in [0.2, 0.25) is 0 Å². The highest BCUT2D eigenvalue weighted by molar-refractivity contribution is 6.05. The van der Waals surface area contributed by atoms with Crippen LogP contribution in [0.25, 0.3) is 0 Å². The number of carbonyl (C=O) groups excluding carboxylic acids is 1. The standard InChI is InChI=1S/C18H22N2O.ClH/c1-4-19-12-15-9-5-6-11-17(15)20-18(21)16-10-7-8-13(2)14(16)3;/h5-11,19H,4,12H2,1-3H3,(H,20,21);1H. The number of halogens is 1. The Morgan fingerprint density at radius 1 is 1.05 bits per heavy atom. The van der Waals surface area contributed by atoms with Crippen LogP contribution in [0.15, 0.2) is 42.5 Å². The number of benzene rings is 2. The number of hydrogen-bond acceptors (Lipinski definition) is 2. The second-order valence-electron chi connectivity index (χ2n) is 5.14. The Hall–Kier alpha value is -1.84. The van der Waals surface area contributed by atoms with Crippen LogP contribution in [0, 0.1) is 13.8 Å². The highest BCUT2D eigenvalue weighted by Crippen LogP contribution is 2.18. The van der Waals surface area contributed by atoms with E-state index in [1.165, 1.54) is 0 Å². The van der Waals surface area contributed by atoms with E-state index in [4.69, 9.17) is 0 Å². The van der Waals surface area contributed by atoms with Crippen LogP contribution in [0.5, 0.6) is 0 Å². The van der Waals surface area contributed by atoms with Gasteiger partial charge in [-0.15, -0.1) is 12.4 Å². The van der Waals surface area contributed by atoms with Crippen LogP contribution in [-0.2, 0) is 6.54 Å². The van der Waals surface area contributed by atoms with E-state index in [0.29, 0.717) is 0 Å². The maximum atomic E-state index is 12.5. The van der Waals surface area contributed by atoms with Gasteiger partial charge in [0.15, 0.2) is 0 Å². The van der Waals surface area contributed by atoms with Gasteiger partial charge in [0.2, 0.25) is 0 Å². The van der Waals surface area contributed by atoms with Crippen LogP contribution >= 0.6 is 12.4 Å². The smallest absolute Gasteiger partial charge is 0.255 e. The largest absolute Gasteiger partial charge is 0.322 e. The molecule has 0 aliphatic carbocycles. The summed E-state index contributed by atoms with van der Waals surface area (Å²) in [6.45, 7) is 7.72. The zero-order valence-corrected chi connectivity index (χ0v) is 14.1. The van der Waals surface area contributed by atoms with Gasteiger partial charge in [-0.1, -0.05) is 37.3 Å². The average molecular weight is 319 g/mol. The summed E-state index contributed by atoms with van der Waals surface area (Å²) in [5.41, 5.74) is 4.85. The molecular weight excluding hydrogens is 296 g/mol. The summed E-state index contributed by atoms with van der Waals surface area (Å²) in [6.07, 6.45) is 0. The maximum absolute atomic E-state index is 12.5. The molecule has 22 heavy (non-hydrogen) atoms. The van der Waals surface area contributed by atoms with Crippen molar-refractivity contribution in [1.29, 1.82) is 0 Å². The number of nitrogens with one attached hydrogen (secondary N) is 2. The molecule has 0 aliphatic heterocycles. The van der Waals surface area contributed by atoms with Gasteiger partial charge in [-0.25, -0.2) is 0 Å². The van der Waals surface area contributed by atoms with Crippen molar-refractivity contribution in [3.05, 3.63) is 64.7 Å². The van der Waals surface area contributed by atoms with Crippen molar-refractivity contribution in [3.8, 4) is 0 Å². The molecule has 0 bridgehead atoms. The first kappa shape index (κ1) is 18.2. The molecule has 118 valence electrons. The molecule has 0 spiro atoms. The second-order valence-corrected chi connectivity index (χ2v) is 5.14. The number of anilines is 1. The summed E-state index contributed by atoms with van der Waals surface area (Å²) in [5, 5.41) is 6.31. The first-order chi connectivity index (χ1) is 10.1. The second kappa shape index (κ2) is 8.57. The minimum atomic E-state index is -0.0554. The van der Waals surface area contributed by atoms with E-state index in [1.807, 2.05) is 56.3 Å². The lowest BCUT2D eigenvalue weighted by Gasteiger charge is -2.13. The molecule has 0 atom stereocenters. The van der Waals surface area contributed by atoms with Gasteiger partial charge in [-0.3, -0.25) is 4.79 Å². The van der Waals surface area contributed by atoms with Crippen LogP contribution in [0.4, 0.5) is 5.69 Å². The monoisotopic (exact) mass is 318 g/mol. The number of amides is 1. The average Bonchev–Trinajstić information content (AvgIpc) is 2.49. The molecule has 0 saturated carbocycles. The lowest BCUT2D eigenvalue weighted by atomic mass is 10.0. The molecule has 0 unspecified atom stereocenters. The van der Waals surface area contributed by atoms with Crippen molar-refractivity contribution in [2.24, 2.45) is 0 Å². The summed E-state index contributed by atoms with van der Waals surface area (Å²) in [7, 11) is 0. The molecule has 0 saturated heterocycles. The highest BCUT2D eigenvalue weighted by Gasteiger charge is 2.11. The molecule has 2 aromatic carbocycles. The van der Waals surface area contributed by atoms with Gasteiger partial charge in [-0.05, 0) is 49.2 Å². The van der Waals surface area contributed by atoms with Gasteiger partial charge < -0.3 is 10.6 Å². The third kappa shape index (κ3) is 4.33. The third-order valence-corrected chi connectivity index (χ3v) is 3.68. The molecule has 2 rings (SSSR count). The van der Waals surface area contributed by atoms with Crippen molar-refractivity contribution in [2.45, 2.75) is 27.3 Å². The van der Waals surface area contributed by atoms with Crippen LogP contribution in [0.3, 0.4) is 0 Å².